The van der Waals surface area contributed by atoms with Gasteiger partial charge in [0.15, 0.2) is 0 Å². The first kappa shape index (κ1) is 20.4. The van der Waals surface area contributed by atoms with Crippen LogP contribution in [0.3, 0.4) is 0 Å². The minimum atomic E-state index is -0.423. The Morgan fingerprint density at radius 1 is 1.38 bits per heavy atom. The zero-order chi connectivity index (χ0) is 15.3. The highest BCUT2D eigenvalue weighted by Crippen LogP contribution is 2.25. The van der Waals surface area contributed by atoms with E-state index in [4.69, 9.17) is 5.73 Å². The van der Waals surface area contributed by atoms with Crippen LogP contribution >= 0.6 is 28.3 Å². The molecule has 0 aromatic heterocycles. The van der Waals surface area contributed by atoms with Crippen LogP contribution < -0.4 is 11.1 Å². The van der Waals surface area contributed by atoms with Gasteiger partial charge in [0.25, 0.3) is 0 Å². The summed E-state index contributed by atoms with van der Waals surface area (Å²) in [5, 5.41) is 2.97. The summed E-state index contributed by atoms with van der Waals surface area (Å²) >= 11 is 3.48. The van der Waals surface area contributed by atoms with Crippen LogP contribution in [-0.4, -0.2) is 18.5 Å². The Morgan fingerprint density at radius 2 is 2.00 bits per heavy atom. The highest BCUT2D eigenvalue weighted by molar-refractivity contribution is 9.10. The summed E-state index contributed by atoms with van der Waals surface area (Å²) in [6, 6.07) is 7.74. The van der Waals surface area contributed by atoms with E-state index in [2.05, 4.69) is 61.1 Å². The second kappa shape index (κ2) is 8.76. The molecule has 0 fully saturated rings. The Kier molecular flexibility index (Phi) is 8.52. The molecule has 3 nitrogen and oxygen atoms in total. The summed E-state index contributed by atoms with van der Waals surface area (Å²) < 4.78 is 1.05. The summed E-state index contributed by atoms with van der Waals surface area (Å²) in [6.45, 7) is 8.94. The molecule has 1 aromatic rings. The molecular weight excluding hydrogens is 352 g/mol. The van der Waals surface area contributed by atoms with Crippen LogP contribution in [0, 0.1) is 5.92 Å². The van der Waals surface area contributed by atoms with Crippen LogP contribution in [0.15, 0.2) is 28.7 Å². The van der Waals surface area contributed by atoms with Crippen molar-refractivity contribution in [1.29, 1.82) is 0 Å². The standard InChI is InChI=1S/C16H25BrN2O.ClH/c1-11(2)8-14(18)15(20)19-10-16(3,4)12-6-5-7-13(17)9-12;/h5-7,9,11,14H,8,10,18H2,1-4H3,(H,19,20);1H/t14-;/m0./s1. The third-order valence-electron chi connectivity index (χ3n) is 3.37. The van der Waals surface area contributed by atoms with Gasteiger partial charge in [0, 0.05) is 16.4 Å². The van der Waals surface area contributed by atoms with Crippen molar-refractivity contribution in [3.63, 3.8) is 0 Å². The quantitative estimate of drug-likeness (QED) is 0.795. The predicted octanol–water partition coefficient (Wildman–Crippen LogP) is 3.64. The molecule has 0 aliphatic rings. The van der Waals surface area contributed by atoms with Crippen molar-refractivity contribution in [1.82, 2.24) is 5.32 Å². The van der Waals surface area contributed by atoms with Gasteiger partial charge in [-0.2, -0.15) is 0 Å². The van der Waals surface area contributed by atoms with Crippen LogP contribution in [-0.2, 0) is 10.2 Å². The molecule has 1 atom stereocenters. The van der Waals surface area contributed by atoms with Gasteiger partial charge in [-0.15, -0.1) is 12.4 Å². The molecule has 0 bridgehead atoms. The summed E-state index contributed by atoms with van der Waals surface area (Å²) in [5.74, 6) is 0.357. The fourth-order valence-electron chi connectivity index (χ4n) is 2.07. The van der Waals surface area contributed by atoms with E-state index >= 15 is 0 Å². The van der Waals surface area contributed by atoms with Gasteiger partial charge >= 0.3 is 0 Å². The van der Waals surface area contributed by atoms with Crippen LogP contribution in [0.1, 0.15) is 39.7 Å². The lowest BCUT2D eigenvalue weighted by Crippen LogP contribution is -2.45. The van der Waals surface area contributed by atoms with Crippen molar-refractivity contribution < 1.29 is 4.79 Å². The third-order valence-corrected chi connectivity index (χ3v) is 3.87. The third kappa shape index (κ3) is 6.81. The van der Waals surface area contributed by atoms with Gasteiger partial charge < -0.3 is 11.1 Å². The molecule has 1 aromatic carbocycles. The van der Waals surface area contributed by atoms with E-state index in [0.29, 0.717) is 18.9 Å². The number of hydrogen-bond acceptors (Lipinski definition) is 2. The lowest BCUT2D eigenvalue weighted by molar-refractivity contribution is -0.122. The van der Waals surface area contributed by atoms with Gasteiger partial charge in [-0.25, -0.2) is 0 Å². The number of carbonyl (C=O) groups excluding carboxylic acids is 1. The Balaban J connectivity index is 0.00000400. The van der Waals surface area contributed by atoms with Crippen molar-refractivity contribution in [2.45, 2.75) is 45.6 Å². The molecule has 0 unspecified atom stereocenters. The van der Waals surface area contributed by atoms with E-state index in [1.54, 1.807) is 0 Å². The smallest absolute Gasteiger partial charge is 0.236 e. The van der Waals surface area contributed by atoms with E-state index in [-0.39, 0.29) is 23.7 Å². The van der Waals surface area contributed by atoms with E-state index in [0.717, 1.165) is 4.47 Å². The van der Waals surface area contributed by atoms with E-state index in [1.165, 1.54) is 5.56 Å². The zero-order valence-electron chi connectivity index (χ0n) is 13.2. The normalized spacial score (nSPS) is 12.7. The number of hydrogen-bond donors (Lipinski definition) is 2. The molecule has 0 saturated carbocycles. The second-order valence-electron chi connectivity index (χ2n) is 6.35. The lowest BCUT2D eigenvalue weighted by Gasteiger charge is -2.27. The van der Waals surface area contributed by atoms with Crippen molar-refractivity contribution >= 4 is 34.2 Å². The fraction of sp³-hybridized carbons (Fsp3) is 0.562. The summed E-state index contributed by atoms with van der Waals surface area (Å²) in [6.07, 6.45) is 0.711. The monoisotopic (exact) mass is 376 g/mol. The van der Waals surface area contributed by atoms with E-state index in [9.17, 15) is 4.79 Å². The van der Waals surface area contributed by atoms with Gasteiger partial charge in [-0.3, -0.25) is 4.79 Å². The number of carbonyl (C=O) groups is 1. The Hall–Kier alpha value is -0.580. The first-order chi connectivity index (χ1) is 9.22. The predicted molar refractivity (Wildman–Crippen MR) is 94.9 cm³/mol. The van der Waals surface area contributed by atoms with Gasteiger partial charge in [-0.1, -0.05) is 55.8 Å². The first-order valence-electron chi connectivity index (χ1n) is 7.01. The average molecular weight is 378 g/mol. The molecule has 21 heavy (non-hydrogen) atoms. The minimum Gasteiger partial charge on any atom is -0.354 e. The van der Waals surface area contributed by atoms with Gasteiger partial charge in [0.05, 0.1) is 6.04 Å². The number of halogens is 2. The van der Waals surface area contributed by atoms with Gasteiger partial charge in [0.1, 0.15) is 0 Å². The molecule has 0 spiro atoms. The molecule has 1 rings (SSSR count). The number of amides is 1. The number of benzene rings is 1. The van der Waals surface area contributed by atoms with Crippen LogP contribution in [0.25, 0.3) is 0 Å². The zero-order valence-corrected chi connectivity index (χ0v) is 15.6. The molecule has 0 aliphatic heterocycles. The highest BCUT2D eigenvalue weighted by atomic mass is 79.9. The summed E-state index contributed by atoms with van der Waals surface area (Å²) in [5.41, 5.74) is 6.95. The largest absolute Gasteiger partial charge is 0.354 e. The first-order valence-corrected chi connectivity index (χ1v) is 7.81. The molecule has 0 saturated heterocycles. The Labute approximate surface area is 142 Å². The second-order valence-corrected chi connectivity index (χ2v) is 7.26. The van der Waals surface area contributed by atoms with Crippen LogP contribution in [0.5, 0.6) is 0 Å². The summed E-state index contributed by atoms with van der Waals surface area (Å²) in [7, 11) is 0. The van der Waals surface area contributed by atoms with Crippen LogP contribution in [0.2, 0.25) is 0 Å². The lowest BCUT2D eigenvalue weighted by atomic mass is 9.84. The molecule has 3 N–H and O–H groups in total. The highest BCUT2D eigenvalue weighted by Gasteiger charge is 2.23. The topological polar surface area (TPSA) is 55.1 Å². The summed E-state index contributed by atoms with van der Waals surface area (Å²) in [4.78, 5) is 12.0. The maximum atomic E-state index is 12.0. The van der Waals surface area contributed by atoms with Crippen molar-refractivity contribution in [3.8, 4) is 0 Å². The van der Waals surface area contributed by atoms with E-state index < -0.39 is 6.04 Å². The molecule has 5 heteroatoms. The molecule has 120 valence electrons. The number of rotatable bonds is 6. The van der Waals surface area contributed by atoms with Gasteiger partial charge in [-0.05, 0) is 30.0 Å². The molecule has 0 radical (unpaired) electrons. The maximum Gasteiger partial charge on any atom is 0.236 e. The van der Waals surface area contributed by atoms with Gasteiger partial charge in [0.2, 0.25) is 5.91 Å². The molecule has 0 aliphatic carbocycles. The Bertz CT molecular complexity index is 463. The maximum absolute atomic E-state index is 12.0. The minimum absolute atomic E-state index is 0. The van der Waals surface area contributed by atoms with Crippen LogP contribution in [0.4, 0.5) is 0 Å². The van der Waals surface area contributed by atoms with Crippen molar-refractivity contribution in [3.05, 3.63) is 34.3 Å². The average Bonchev–Trinajstić information content (AvgIpc) is 2.35. The molecular formula is C16H26BrClN2O. The van der Waals surface area contributed by atoms with Crippen molar-refractivity contribution in [2.75, 3.05) is 6.54 Å². The van der Waals surface area contributed by atoms with Crippen molar-refractivity contribution in [2.24, 2.45) is 11.7 Å². The SMILES string of the molecule is CC(C)C[C@H](N)C(=O)NCC(C)(C)c1cccc(Br)c1.Cl. The Morgan fingerprint density at radius 3 is 2.52 bits per heavy atom. The number of nitrogens with one attached hydrogen (secondary N) is 1. The molecule has 1 amide bonds. The molecule has 0 heterocycles. The number of nitrogens with two attached hydrogens (primary N) is 1. The van der Waals surface area contributed by atoms with E-state index in [1.807, 2.05) is 12.1 Å². The fourth-order valence-corrected chi connectivity index (χ4v) is 2.46.